The maximum absolute atomic E-state index is 13.2. The Bertz CT molecular complexity index is 665. The molecule has 0 radical (unpaired) electrons. The molecule has 0 saturated heterocycles. The van der Waals surface area contributed by atoms with Crippen LogP contribution < -0.4 is 0 Å². The van der Waals surface area contributed by atoms with E-state index in [1.165, 1.54) is 12.1 Å². The molecular formula is C12H10FN3O4. The number of hydrogen-bond acceptors (Lipinski definition) is 4. The van der Waals surface area contributed by atoms with Crippen LogP contribution in [0.1, 0.15) is 21.6 Å². The van der Waals surface area contributed by atoms with Crippen LogP contribution in [0.25, 0.3) is 0 Å². The molecule has 0 bridgehead atoms. The molecule has 0 spiro atoms. The lowest BCUT2D eigenvalue weighted by Crippen LogP contribution is -2.05. The Morgan fingerprint density at radius 3 is 2.80 bits per heavy atom. The van der Waals surface area contributed by atoms with Crippen LogP contribution in [0.2, 0.25) is 0 Å². The first-order valence-corrected chi connectivity index (χ1v) is 5.58. The third-order valence-corrected chi connectivity index (χ3v) is 2.79. The molecule has 1 aromatic heterocycles. The van der Waals surface area contributed by atoms with Gasteiger partial charge in [-0.25, -0.2) is 9.18 Å². The molecule has 104 valence electrons. The Morgan fingerprint density at radius 2 is 2.25 bits per heavy atom. The van der Waals surface area contributed by atoms with Crippen LogP contribution in [0.15, 0.2) is 24.4 Å². The van der Waals surface area contributed by atoms with E-state index >= 15 is 0 Å². The van der Waals surface area contributed by atoms with Crippen LogP contribution in [0.3, 0.4) is 0 Å². The van der Waals surface area contributed by atoms with Gasteiger partial charge in [0.2, 0.25) is 5.69 Å². The average Bonchev–Trinajstić information content (AvgIpc) is 2.78. The smallest absolute Gasteiger partial charge is 0.363 e. The molecule has 1 heterocycles. The van der Waals surface area contributed by atoms with E-state index in [1.54, 1.807) is 13.0 Å². The van der Waals surface area contributed by atoms with Crippen molar-refractivity contribution in [3.8, 4) is 0 Å². The summed E-state index contributed by atoms with van der Waals surface area (Å²) in [6.07, 6.45) is 1.02. The van der Waals surface area contributed by atoms with Gasteiger partial charge in [0.1, 0.15) is 12.0 Å². The molecule has 0 aliphatic rings. The van der Waals surface area contributed by atoms with E-state index in [1.807, 2.05) is 0 Å². The van der Waals surface area contributed by atoms with Gasteiger partial charge in [0, 0.05) is 0 Å². The molecule has 1 aromatic carbocycles. The standard InChI is InChI=1S/C12H10FN3O4/c1-7-2-3-9(13)4-8(7)5-15-6-10(16(19)20)11(14-15)12(17)18/h2-4,6H,5H2,1H3,(H,17,18). The number of carboxylic acids is 1. The van der Waals surface area contributed by atoms with Crippen molar-refractivity contribution in [3.63, 3.8) is 0 Å². The van der Waals surface area contributed by atoms with E-state index in [0.717, 1.165) is 16.4 Å². The van der Waals surface area contributed by atoms with Crippen LogP contribution in [-0.4, -0.2) is 25.8 Å². The fourth-order valence-corrected chi connectivity index (χ4v) is 1.76. The number of aromatic nitrogens is 2. The predicted molar refractivity (Wildman–Crippen MR) is 66.1 cm³/mol. The first kappa shape index (κ1) is 13.7. The Morgan fingerprint density at radius 1 is 1.55 bits per heavy atom. The summed E-state index contributed by atoms with van der Waals surface area (Å²) in [6, 6.07) is 4.15. The Balaban J connectivity index is 2.39. The van der Waals surface area contributed by atoms with Gasteiger partial charge >= 0.3 is 11.7 Å². The normalized spacial score (nSPS) is 10.5. The number of halogens is 1. The fourth-order valence-electron chi connectivity index (χ4n) is 1.76. The second kappa shape index (κ2) is 5.08. The third kappa shape index (κ3) is 2.63. The molecule has 0 unspecified atom stereocenters. The maximum Gasteiger partial charge on any atom is 0.363 e. The summed E-state index contributed by atoms with van der Waals surface area (Å²) in [4.78, 5) is 20.8. The summed E-state index contributed by atoms with van der Waals surface area (Å²) in [7, 11) is 0. The molecule has 0 aliphatic carbocycles. The van der Waals surface area contributed by atoms with Crippen LogP contribution in [0.5, 0.6) is 0 Å². The number of benzene rings is 1. The van der Waals surface area contributed by atoms with Gasteiger partial charge in [-0.2, -0.15) is 5.10 Å². The number of nitrogens with zero attached hydrogens (tertiary/aromatic N) is 3. The topological polar surface area (TPSA) is 98.3 Å². The zero-order valence-corrected chi connectivity index (χ0v) is 10.4. The summed E-state index contributed by atoms with van der Waals surface area (Å²) in [5.74, 6) is -1.92. The van der Waals surface area contributed by atoms with Gasteiger partial charge in [-0.1, -0.05) is 6.07 Å². The van der Waals surface area contributed by atoms with Gasteiger partial charge in [-0.05, 0) is 30.2 Å². The van der Waals surface area contributed by atoms with Gasteiger partial charge in [0.15, 0.2) is 0 Å². The van der Waals surface area contributed by atoms with Crippen molar-refractivity contribution in [2.24, 2.45) is 0 Å². The summed E-state index contributed by atoms with van der Waals surface area (Å²) in [6.45, 7) is 1.81. The second-order valence-corrected chi connectivity index (χ2v) is 4.19. The number of hydrogen-bond donors (Lipinski definition) is 1. The fraction of sp³-hybridized carbons (Fsp3) is 0.167. The summed E-state index contributed by atoms with van der Waals surface area (Å²) in [5.41, 5.74) is 0.122. The molecule has 2 rings (SSSR count). The summed E-state index contributed by atoms with van der Waals surface area (Å²) >= 11 is 0. The van der Waals surface area contributed by atoms with Gasteiger partial charge in [-0.15, -0.1) is 0 Å². The van der Waals surface area contributed by atoms with Crippen LogP contribution in [0, 0.1) is 22.9 Å². The molecule has 1 N–H and O–H groups in total. The van der Waals surface area contributed by atoms with Gasteiger partial charge in [-0.3, -0.25) is 14.8 Å². The van der Waals surface area contributed by atoms with E-state index in [2.05, 4.69) is 5.10 Å². The molecular weight excluding hydrogens is 269 g/mol. The van der Waals surface area contributed by atoms with E-state index in [4.69, 9.17) is 5.11 Å². The van der Waals surface area contributed by atoms with Crippen molar-refractivity contribution in [1.82, 2.24) is 9.78 Å². The summed E-state index contributed by atoms with van der Waals surface area (Å²) in [5, 5.41) is 23.2. The number of aromatic carboxylic acids is 1. The summed E-state index contributed by atoms with van der Waals surface area (Å²) < 4.78 is 14.3. The highest BCUT2D eigenvalue weighted by atomic mass is 19.1. The second-order valence-electron chi connectivity index (χ2n) is 4.19. The Labute approximate surface area is 112 Å². The third-order valence-electron chi connectivity index (χ3n) is 2.79. The molecule has 0 fully saturated rings. The average molecular weight is 279 g/mol. The molecule has 20 heavy (non-hydrogen) atoms. The highest BCUT2D eigenvalue weighted by Crippen LogP contribution is 2.18. The molecule has 0 atom stereocenters. The van der Waals surface area contributed by atoms with Crippen LogP contribution in [-0.2, 0) is 6.54 Å². The Hall–Kier alpha value is -2.77. The molecule has 0 aliphatic heterocycles. The highest BCUT2D eigenvalue weighted by molar-refractivity contribution is 5.89. The molecule has 2 aromatic rings. The number of nitro groups is 1. The first-order valence-electron chi connectivity index (χ1n) is 5.58. The number of carbonyl (C=O) groups is 1. The SMILES string of the molecule is Cc1ccc(F)cc1Cn1cc([N+](=O)[O-])c(C(=O)O)n1. The minimum absolute atomic E-state index is 0.0533. The number of carboxylic acid groups (broad SMARTS) is 1. The first-order chi connectivity index (χ1) is 9.38. The molecule has 0 amide bonds. The lowest BCUT2D eigenvalue weighted by atomic mass is 10.1. The van der Waals surface area contributed by atoms with Crippen LogP contribution >= 0.6 is 0 Å². The quantitative estimate of drug-likeness (QED) is 0.681. The predicted octanol–water partition coefficient (Wildman–Crippen LogP) is 1.99. The van der Waals surface area contributed by atoms with E-state index in [-0.39, 0.29) is 6.54 Å². The zero-order chi connectivity index (χ0) is 14.9. The number of aryl methyl sites for hydroxylation is 1. The monoisotopic (exact) mass is 279 g/mol. The van der Waals surface area contributed by atoms with Gasteiger partial charge in [0.05, 0.1) is 11.5 Å². The maximum atomic E-state index is 13.2. The van der Waals surface area contributed by atoms with Crippen LogP contribution in [0.4, 0.5) is 10.1 Å². The molecule has 0 saturated carbocycles. The lowest BCUT2D eigenvalue weighted by Gasteiger charge is -2.05. The number of rotatable bonds is 4. The lowest BCUT2D eigenvalue weighted by molar-refractivity contribution is -0.385. The van der Waals surface area contributed by atoms with E-state index in [9.17, 15) is 19.3 Å². The van der Waals surface area contributed by atoms with Gasteiger partial charge in [0.25, 0.3) is 0 Å². The highest BCUT2D eigenvalue weighted by Gasteiger charge is 2.25. The van der Waals surface area contributed by atoms with Crippen molar-refractivity contribution >= 4 is 11.7 Å². The Kier molecular flexibility index (Phi) is 3.47. The van der Waals surface area contributed by atoms with Crippen molar-refractivity contribution < 1.29 is 19.2 Å². The zero-order valence-electron chi connectivity index (χ0n) is 10.4. The van der Waals surface area contributed by atoms with Crippen molar-refractivity contribution in [2.45, 2.75) is 13.5 Å². The molecule has 8 heteroatoms. The van der Waals surface area contributed by atoms with Crippen molar-refractivity contribution in [2.75, 3.05) is 0 Å². The van der Waals surface area contributed by atoms with E-state index in [0.29, 0.717) is 5.56 Å². The minimum atomic E-state index is -1.48. The molecule has 7 nitrogen and oxygen atoms in total. The largest absolute Gasteiger partial charge is 0.476 e. The van der Waals surface area contributed by atoms with Gasteiger partial charge < -0.3 is 5.11 Å². The van der Waals surface area contributed by atoms with Crippen molar-refractivity contribution in [3.05, 3.63) is 57.1 Å². The minimum Gasteiger partial charge on any atom is -0.476 e. The van der Waals surface area contributed by atoms with Crippen molar-refractivity contribution in [1.29, 1.82) is 0 Å². The van der Waals surface area contributed by atoms with E-state index < -0.39 is 28.1 Å².